The fraction of sp³-hybridized carbons (Fsp3) is 0.214. The summed E-state index contributed by atoms with van der Waals surface area (Å²) in [5, 5.41) is 0. The van der Waals surface area contributed by atoms with E-state index in [0.29, 0.717) is 6.42 Å². The van der Waals surface area contributed by atoms with Gasteiger partial charge in [-0.15, -0.1) is 0 Å². The van der Waals surface area contributed by atoms with E-state index in [1.165, 1.54) is 0 Å². The van der Waals surface area contributed by atoms with Gasteiger partial charge in [0.2, 0.25) is 0 Å². The van der Waals surface area contributed by atoms with Gasteiger partial charge < -0.3 is 4.74 Å². The van der Waals surface area contributed by atoms with Crippen LogP contribution in [0.2, 0.25) is 0 Å². The molecule has 1 aromatic rings. The third-order valence-electron chi connectivity index (χ3n) is 2.12. The van der Waals surface area contributed by atoms with Crippen LogP contribution in [-0.2, 0) is 9.53 Å². The Morgan fingerprint density at radius 2 is 2.12 bits per heavy atom. The first kappa shape index (κ1) is 12.2. The van der Waals surface area contributed by atoms with Crippen LogP contribution >= 0.6 is 0 Å². The Morgan fingerprint density at radius 3 is 2.69 bits per heavy atom. The zero-order valence-electron chi connectivity index (χ0n) is 9.43. The van der Waals surface area contributed by atoms with Gasteiger partial charge in [-0.2, -0.15) is 0 Å². The number of benzene rings is 1. The van der Waals surface area contributed by atoms with Gasteiger partial charge in [-0.3, -0.25) is 4.79 Å². The van der Waals surface area contributed by atoms with Crippen LogP contribution < -0.4 is 0 Å². The second-order valence-corrected chi connectivity index (χ2v) is 3.33. The fourth-order valence-electron chi connectivity index (χ4n) is 1.30. The van der Waals surface area contributed by atoms with Crippen molar-refractivity contribution in [2.24, 2.45) is 0 Å². The van der Waals surface area contributed by atoms with Crippen molar-refractivity contribution in [2.75, 3.05) is 0 Å². The Labute approximate surface area is 96.2 Å². The summed E-state index contributed by atoms with van der Waals surface area (Å²) in [5.41, 5.74) is 0.936. The van der Waals surface area contributed by atoms with E-state index in [4.69, 9.17) is 4.74 Å². The number of allylic oxidation sites excluding steroid dienone is 1. The summed E-state index contributed by atoms with van der Waals surface area (Å²) in [6.45, 7) is 5.55. The third-order valence-corrected chi connectivity index (χ3v) is 2.12. The van der Waals surface area contributed by atoms with Crippen molar-refractivity contribution in [3.63, 3.8) is 0 Å². The Bertz CT molecular complexity index is 366. The minimum absolute atomic E-state index is 0.244. The average molecular weight is 216 g/mol. The summed E-state index contributed by atoms with van der Waals surface area (Å²) in [6, 6.07) is 9.56. The molecular weight excluding hydrogens is 200 g/mol. The maximum atomic E-state index is 11.4. The number of carbonyl (C=O) groups excluding carboxylic acids is 1. The molecular formula is C14H16O2. The highest BCUT2D eigenvalue weighted by Crippen LogP contribution is 2.18. The molecule has 0 fully saturated rings. The van der Waals surface area contributed by atoms with Crippen molar-refractivity contribution >= 4 is 5.97 Å². The van der Waals surface area contributed by atoms with Crippen molar-refractivity contribution in [1.29, 1.82) is 0 Å². The molecule has 1 unspecified atom stereocenters. The first-order valence-electron chi connectivity index (χ1n) is 5.26. The normalized spacial score (nSPS) is 12.3. The molecule has 0 saturated heterocycles. The molecule has 0 N–H and O–H groups in total. The van der Waals surface area contributed by atoms with E-state index in [0.717, 1.165) is 5.56 Å². The van der Waals surface area contributed by atoms with Crippen LogP contribution in [0.1, 0.15) is 25.0 Å². The average Bonchev–Trinajstić information content (AvgIpc) is 2.34. The number of hydrogen-bond donors (Lipinski definition) is 0. The Hall–Kier alpha value is -1.83. The molecule has 1 aromatic carbocycles. The molecule has 16 heavy (non-hydrogen) atoms. The Kier molecular flexibility index (Phi) is 5.06. The summed E-state index contributed by atoms with van der Waals surface area (Å²) in [7, 11) is 0. The maximum Gasteiger partial charge on any atom is 0.310 e. The molecule has 0 aromatic heterocycles. The molecule has 0 aliphatic heterocycles. The lowest BCUT2D eigenvalue weighted by molar-refractivity contribution is -0.146. The number of rotatable bonds is 5. The van der Waals surface area contributed by atoms with Crippen molar-refractivity contribution in [2.45, 2.75) is 19.4 Å². The lowest BCUT2D eigenvalue weighted by atomic mass is 10.1. The molecule has 0 spiro atoms. The number of carbonyl (C=O) groups is 1. The molecule has 2 heteroatoms. The van der Waals surface area contributed by atoms with Gasteiger partial charge in [0, 0.05) is 0 Å². The van der Waals surface area contributed by atoms with Gasteiger partial charge in [-0.25, -0.2) is 0 Å². The fourth-order valence-corrected chi connectivity index (χ4v) is 1.30. The Balaban J connectivity index is 2.63. The molecule has 1 rings (SSSR count). The summed E-state index contributed by atoms with van der Waals surface area (Å²) >= 11 is 0. The highest BCUT2D eigenvalue weighted by molar-refractivity contribution is 5.71. The third kappa shape index (κ3) is 3.73. The topological polar surface area (TPSA) is 26.3 Å². The molecule has 0 aliphatic carbocycles. The van der Waals surface area contributed by atoms with Crippen LogP contribution in [0.25, 0.3) is 0 Å². The standard InChI is InChI=1S/C14H16O2/c1-3-5-11-14(15)16-13(4-2)12-9-7-6-8-10-12/h3-10,13H,2,11H2,1H3/b5-3+. The first-order valence-corrected chi connectivity index (χ1v) is 5.26. The second kappa shape index (κ2) is 6.62. The lowest BCUT2D eigenvalue weighted by Gasteiger charge is -2.13. The van der Waals surface area contributed by atoms with Crippen LogP contribution in [0.4, 0.5) is 0 Å². The van der Waals surface area contributed by atoms with Crippen molar-refractivity contribution in [3.05, 3.63) is 60.7 Å². The zero-order chi connectivity index (χ0) is 11.8. The van der Waals surface area contributed by atoms with E-state index in [9.17, 15) is 4.79 Å². The SMILES string of the molecule is C=CC(OC(=O)C/C=C/C)c1ccccc1. The van der Waals surface area contributed by atoms with Crippen LogP contribution in [0.5, 0.6) is 0 Å². The summed E-state index contributed by atoms with van der Waals surface area (Å²) in [6.07, 6.45) is 5.16. The zero-order valence-corrected chi connectivity index (χ0v) is 9.43. The molecule has 0 aliphatic rings. The molecule has 2 nitrogen and oxygen atoms in total. The van der Waals surface area contributed by atoms with E-state index >= 15 is 0 Å². The highest BCUT2D eigenvalue weighted by Gasteiger charge is 2.11. The van der Waals surface area contributed by atoms with Gasteiger partial charge in [0.05, 0.1) is 6.42 Å². The molecule has 0 amide bonds. The van der Waals surface area contributed by atoms with Gasteiger partial charge in [0.25, 0.3) is 0 Å². The summed E-state index contributed by atoms with van der Waals surface area (Å²) in [5.74, 6) is -0.244. The molecule has 1 atom stereocenters. The Morgan fingerprint density at radius 1 is 1.44 bits per heavy atom. The van der Waals surface area contributed by atoms with Gasteiger partial charge in [-0.05, 0) is 18.6 Å². The molecule has 84 valence electrons. The van der Waals surface area contributed by atoms with Gasteiger partial charge in [0.15, 0.2) is 0 Å². The van der Waals surface area contributed by atoms with E-state index in [1.54, 1.807) is 12.2 Å². The van der Waals surface area contributed by atoms with E-state index in [1.807, 2.05) is 43.3 Å². The number of ether oxygens (including phenoxy) is 1. The van der Waals surface area contributed by atoms with Gasteiger partial charge >= 0.3 is 5.97 Å². The second-order valence-electron chi connectivity index (χ2n) is 3.33. The van der Waals surface area contributed by atoms with Crippen LogP contribution in [0.3, 0.4) is 0 Å². The molecule has 0 saturated carbocycles. The van der Waals surface area contributed by atoms with Crippen LogP contribution in [0.15, 0.2) is 55.1 Å². The summed E-state index contributed by atoms with van der Waals surface area (Å²) in [4.78, 5) is 11.4. The minimum Gasteiger partial charge on any atom is -0.453 e. The van der Waals surface area contributed by atoms with Crippen molar-refractivity contribution in [3.8, 4) is 0 Å². The predicted octanol–water partition coefficient (Wildman–Crippen LogP) is 3.42. The quantitative estimate of drug-likeness (QED) is 0.557. The van der Waals surface area contributed by atoms with E-state index in [2.05, 4.69) is 6.58 Å². The first-order chi connectivity index (χ1) is 7.77. The minimum atomic E-state index is -0.362. The van der Waals surface area contributed by atoms with E-state index < -0.39 is 0 Å². The molecule has 0 radical (unpaired) electrons. The molecule has 0 heterocycles. The molecule has 0 bridgehead atoms. The highest BCUT2D eigenvalue weighted by atomic mass is 16.5. The largest absolute Gasteiger partial charge is 0.453 e. The smallest absolute Gasteiger partial charge is 0.310 e. The maximum absolute atomic E-state index is 11.4. The monoisotopic (exact) mass is 216 g/mol. The van der Waals surface area contributed by atoms with Crippen molar-refractivity contribution in [1.82, 2.24) is 0 Å². The lowest BCUT2D eigenvalue weighted by Crippen LogP contribution is -2.08. The predicted molar refractivity (Wildman–Crippen MR) is 64.9 cm³/mol. The van der Waals surface area contributed by atoms with Crippen LogP contribution in [-0.4, -0.2) is 5.97 Å². The summed E-state index contributed by atoms with van der Waals surface area (Å²) < 4.78 is 5.28. The number of hydrogen-bond acceptors (Lipinski definition) is 2. The van der Waals surface area contributed by atoms with Crippen LogP contribution in [0, 0.1) is 0 Å². The van der Waals surface area contributed by atoms with E-state index in [-0.39, 0.29) is 12.1 Å². The van der Waals surface area contributed by atoms with Crippen molar-refractivity contribution < 1.29 is 9.53 Å². The van der Waals surface area contributed by atoms with Gasteiger partial charge in [0.1, 0.15) is 6.10 Å². The van der Waals surface area contributed by atoms with Gasteiger partial charge in [-0.1, -0.05) is 49.1 Å². The number of esters is 1.